The van der Waals surface area contributed by atoms with E-state index in [1.807, 2.05) is 18.2 Å². The molecule has 2 aromatic carbocycles. The Hall–Kier alpha value is -3.65. The number of fused-ring (bicyclic) bond motifs is 1. The number of benzene rings is 2. The first-order chi connectivity index (χ1) is 12.7. The highest BCUT2D eigenvalue weighted by molar-refractivity contribution is 6.02. The van der Waals surface area contributed by atoms with Crippen LogP contribution in [0.15, 0.2) is 59.3 Å². The molecule has 0 radical (unpaired) electrons. The van der Waals surface area contributed by atoms with Gasteiger partial charge in [-0.2, -0.15) is 0 Å². The molecule has 0 atom stereocenters. The van der Waals surface area contributed by atoms with Crippen LogP contribution in [-0.2, 0) is 6.61 Å². The van der Waals surface area contributed by atoms with Crippen LogP contribution in [0.25, 0.3) is 16.7 Å². The zero-order chi connectivity index (χ0) is 18.1. The summed E-state index contributed by atoms with van der Waals surface area (Å²) in [6.45, 7) is -0.0964. The van der Waals surface area contributed by atoms with Crippen LogP contribution in [0.5, 0.6) is 0 Å². The van der Waals surface area contributed by atoms with Gasteiger partial charge in [-0.1, -0.05) is 17.3 Å². The monoisotopic (exact) mass is 349 g/mol. The Kier molecular flexibility index (Phi) is 3.86. The number of hydrogen-bond acceptors (Lipinski definition) is 6. The Morgan fingerprint density at radius 2 is 2.12 bits per heavy atom. The normalized spacial score (nSPS) is 11.0. The lowest BCUT2D eigenvalue weighted by Gasteiger charge is -2.10. The number of nitrogens with one attached hydrogen (secondary N) is 1. The maximum atomic E-state index is 12.4. The van der Waals surface area contributed by atoms with Crippen molar-refractivity contribution in [2.45, 2.75) is 6.61 Å². The highest BCUT2D eigenvalue weighted by atomic mass is 16.5. The van der Waals surface area contributed by atoms with Gasteiger partial charge < -0.3 is 15.4 Å². The standard InChI is InChI=1S/C18H15N5O3/c19-12-2-1-3-13(9-12)23-15-5-4-11(10-24)8-14(15)21-18(23)22-17(25)16-6-7-20-26-16/h1-9,24H,10,19H2,(H,21,22,25). The van der Waals surface area contributed by atoms with Crippen LogP contribution in [0, 0.1) is 0 Å². The fourth-order valence-electron chi connectivity index (χ4n) is 2.73. The molecule has 0 saturated carbocycles. The average Bonchev–Trinajstić information content (AvgIpc) is 3.28. The molecule has 26 heavy (non-hydrogen) atoms. The minimum atomic E-state index is -0.467. The number of amides is 1. The molecule has 4 rings (SSSR count). The molecule has 0 fully saturated rings. The predicted molar refractivity (Wildman–Crippen MR) is 95.9 cm³/mol. The smallest absolute Gasteiger partial charge is 0.296 e. The van der Waals surface area contributed by atoms with E-state index in [2.05, 4.69) is 15.5 Å². The molecule has 130 valence electrons. The maximum absolute atomic E-state index is 12.4. The van der Waals surface area contributed by atoms with Gasteiger partial charge in [-0.05, 0) is 35.9 Å². The van der Waals surface area contributed by atoms with E-state index >= 15 is 0 Å². The Labute approximate surface area is 147 Å². The number of aliphatic hydroxyl groups excluding tert-OH is 1. The summed E-state index contributed by atoms with van der Waals surface area (Å²) in [5.74, 6) is -0.0836. The van der Waals surface area contributed by atoms with E-state index in [4.69, 9.17) is 10.3 Å². The average molecular weight is 349 g/mol. The molecule has 0 spiro atoms. The van der Waals surface area contributed by atoms with Gasteiger partial charge in [0.1, 0.15) is 0 Å². The van der Waals surface area contributed by atoms with E-state index in [-0.39, 0.29) is 12.4 Å². The van der Waals surface area contributed by atoms with Crippen molar-refractivity contribution < 1.29 is 14.4 Å². The number of rotatable bonds is 4. The summed E-state index contributed by atoms with van der Waals surface area (Å²) < 4.78 is 6.67. The van der Waals surface area contributed by atoms with Gasteiger partial charge in [-0.15, -0.1) is 0 Å². The first kappa shape index (κ1) is 15.9. The van der Waals surface area contributed by atoms with Crippen molar-refractivity contribution in [2.75, 3.05) is 11.1 Å². The van der Waals surface area contributed by atoms with Gasteiger partial charge in [-0.25, -0.2) is 4.98 Å². The van der Waals surface area contributed by atoms with Crippen molar-refractivity contribution >= 4 is 28.6 Å². The number of nitrogens with two attached hydrogens (primary N) is 1. The second kappa shape index (κ2) is 6.34. The highest BCUT2D eigenvalue weighted by Gasteiger charge is 2.18. The number of hydrogen-bond donors (Lipinski definition) is 3. The van der Waals surface area contributed by atoms with Crippen molar-refractivity contribution in [3.05, 3.63) is 66.1 Å². The van der Waals surface area contributed by atoms with Crippen LogP contribution in [0.1, 0.15) is 16.1 Å². The van der Waals surface area contributed by atoms with Gasteiger partial charge in [0.2, 0.25) is 11.7 Å². The number of imidazole rings is 1. The van der Waals surface area contributed by atoms with Gasteiger partial charge in [-0.3, -0.25) is 14.7 Å². The minimum Gasteiger partial charge on any atom is -0.399 e. The van der Waals surface area contributed by atoms with Gasteiger partial charge in [0.25, 0.3) is 5.91 Å². The highest BCUT2D eigenvalue weighted by Crippen LogP contribution is 2.27. The van der Waals surface area contributed by atoms with Crippen molar-refractivity contribution in [1.82, 2.24) is 14.7 Å². The second-order valence-electron chi connectivity index (χ2n) is 5.68. The summed E-state index contributed by atoms with van der Waals surface area (Å²) in [5.41, 5.74) is 9.36. The van der Waals surface area contributed by atoms with E-state index in [0.717, 1.165) is 16.8 Å². The van der Waals surface area contributed by atoms with Crippen molar-refractivity contribution in [3.63, 3.8) is 0 Å². The molecule has 0 unspecified atom stereocenters. The molecule has 8 heteroatoms. The third-order valence-corrected chi connectivity index (χ3v) is 3.92. The van der Waals surface area contributed by atoms with Crippen LogP contribution in [0.2, 0.25) is 0 Å². The van der Waals surface area contributed by atoms with Crippen LogP contribution >= 0.6 is 0 Å². The van der Waals surface area contributed by atoms with Crippen molar-refractivity contribution in [2.24, 2.45) is 0 Å². The number of carbonyl (C=O) groups excluding carboxylic acids is 1. The molecule has 0 aliphatic rings. The van der Waals surface area contributed by atoms with Gasteiger partial charge in [0, 0.05) is 11.8 Å². The third kappa shape index (κ3) is 2.78. The molecule has 4 aromatic rings. The lowest BCUT2D eigenvalue weighted by atomic mass is 10.2. The maximum Gasteiger partial charge on any atom is 0.296 e. The molecule has 2 aromatic heterocycles. The third-order valence-electron chi connectivity index (χ3n) is 3.92. The molecular weight excluding hydrogens is 334 g/mol. The lowest BCUT2D eigenvalue weighted by molar-refractivity contribution is 0.0987. The molecule has 0 aliphatic heterocycles. The second-order valence-corrected chi connectivity index (χ2v) is 5.68. The molecule has 2 heterocycles. The van der Waals surface area contributed by atoms with Crippen LogP contribution in [-0.4, -0.2) is 25.7 Å². The van der Waals surface area contributed by atoms with E-state index in [0.29, 0.717) is 17.2 Å². The summed E-state index contributed by atoms with van der Waals surface area (Å²) in [7, 11) is 0. The van der Waals surface area contributed by atoms with Crippen LogP contribution < -0.4 is 11.1 Å². The number of carbonyl (C=O) groups is 1. The van der Waals surface area contributed by atoms with Crippen molar-refractivity contribution in [3.8, 4) is 5.69 Å². The number of aliphatic hydroxyl groups is 1. The van der Waals surface area contributed by atoms with Gasteiger partial charge in [0.15, 0.2) is 0 Å². The summed E-state index contributed by atoms with van der Waals surface area (Å²) in [6.07, 6.45) is 1.39. The fourth-order valence-corrected chi connectivity index (χ4v) is 2.73. The summed E-state index contributed by atoms with van der Waals surface area (Å²) >= 11 is 0. The quantitative estimate of drug-likeness (QED) is 0.487. The Balaban J connectivity index is 1.87. The van der Waals surface area contributed by atoms with E-state index in [1.165, 1.54) is 12.3 Å². The van der Waals surface area contributed by atoms with Crippen LogP contribution in [0.3, 0.4) is 0 Å². The molecule has 0 bridgehead atoms. The SMILES string of the molecule is Nc1cccc(-n2c(NC(=O)c3ccno3)nc3cc(CO)ccc32)c1. The molecule has 0 aliphatic carbocycles. The molecule has 1 amide bonds. The number of nitrogens with zero attached hydrogens (tertiary/aromatic N) is 3. The Bertz CT molecular complexity index is 1090. The van der Waals surface area contributed by atoms with Gasteiger partial charge >= 0.3 is 0 Å². The zero-order valence-corrected chi connectivity index (χ0v) is 13.6. The summed E-state index contributed by atoms with van der Waals surface area (Å²) in [6, 6.07) is 14.1. The number of anilines is 2. The molecular formula is C18H15N5O3. The number of aromatic nitrogens is 3. The topological polar surface area (TPSA) is 119 Å². The van der Waals surface area contributed by atoms with Crippen LogP contribution in [0.4, 0.5) is 11.6 Å². The lowest BCUT2D eigenvalue weighted by Crippen LogP contribution is -2.15. The first-order valence-corrected chi connectivity index (χ1v) is 7.86. The van der Waals surface area contributed by atoms with Crippen molar-refractivity contribution in [1.29, 1.82) is 0 Å². The van der Waals surface area contributed by atoms with E-state index < -0.39 is 5.91 Å². The minimum absolute atomic E-state index is 0.0761. The summed E-state index contributed by atoms with van der Waals surface area (Å²) in [4.78, 5) is 16.9. The molecule has 4 N–H and O–H groups in total. The molecule has 8 nitrogen and oxygen atoms in total. The van der Waals surface area contributed by atoms with E-state index in [1.54, 1.807) is 28.8 Å². The fraction of sp³-hybridized carbons (Fsp3) is 0.0556. The summed E-state index contributed by atoms with van der Waals surface area (Å²) in [5, 5.41) is 15.6. The Morgan fingerprint density at radius 3 is 2.85 bits per heavy atom. The predicted octanol–water partition coefficient (Wildman–Crippen LogP) is 2.34. The van der Waals surface area contributed by atoms with E-state index in [9.17, 15) is 9.90 Å². The largest absolute Gasteiger partial charge is 0.399 e. The Morgan fingerprint density at radius 1 is 1.23 bits per heavy atom. The zero-order valence-electron chi connectivity index (χ0n) is 13.6. The molecule has 0 saturated heterocycles. The van der Waals surface area contributed by atoms with Gasteiger partial charge in [0.05, 0.1) is 29.5 Å². The number of nitrogen functional groups attached to an aromatic ring is 1. The first-order valence-electron chi connectivity index (χ1n) is 7.86.